The maximum absolute atomic E-state index is 11.1. The van der Waals surface area contributed by atoms with Crippen molar-refractivity contribution in [1.82, 2.24) is 15.2 Å². The number of carbonyl (C=O) groups is 1. The molecule has 6 heteroatoms. The monoisotopic (exact) mass is 253 g/mol. The summed E-state index contributed by atoms with van der Waals surface area (Å²) in [7, 11) is 0. The van der Waals surface area contributed by atoms with Crippen molar-refractivity contribution in [3.8, 4) is 11.3 Å². The van der Waals surface area contributed by atoms with E-state index >= 15 is 0 Å². The van der Waals surface area contributed by atoms with Gasteiger partial charge in [-0.1, -0.05) is 11.6 Å². The van der Waals surface area contributed by atoms with Gasteiger partial charge in [-0.05, 0) is 29.8 Å². The van der Waals surface area contributed by atoms with Gasteiger partial charge in [-0.15, -0.1) is 10.2 Å². The van der Waals surface area contributed by atoms with Crippen LogP contribution in [0, 0.1) is 0 Å². The van der Waals surface area contributed by atoms with Crippen LogP contribution in [0.25, 0.3) is 11.3 Å². The van der Waals surface area contributed by atoms with E-state index in [4.69, 9.17) is 23.2 Å². The van der Waals surface area contributed by atoms with Crippen molar-refractivity contribution in [2.45, 2.75) is 0 Å². The van der Waals surface area contributed by atoms with Crippen molar-refractivity contribution in [2.24, 2.45) is 0 Å². The standard InChI is InChI=1S/C10H5Cl2N3O/c11-9-7(10(12)16)5-8(14-15-9)6-1-3-13-4-2-6/h1-5H. The van der Waals surface area contributed by atoms with E-state index < -0.39 is 5.24 Å². The highest BCUT2D eigenvalue weighted by Gasteiger charge is 2.11. The highest BCUT2D eigenvalue weighted by atomic mass is 35.5. The topological polar surface area (TPSA) is 55.7 Å². The quantitative estimate of drug-likeness (QED) is 0.773. The molecule has 2 aromatic rings. The maximum atomic E-state index is 11.1. The Labute approximate surface area is 101 Å². The van der Waals surface area contributed by atoms with Crippen LogP contribution in [0.3, 0.4) is 0 Å². The molecule has 0 aliphatic heterocycles. The zero-order valence-corrected chi connectivity index (χ0v) is 9.40. The molecular weight excluding hydrogens is 249 g/mol. The number of pyridine rings is 1. The maximum Gasteiger partial charge on any atom is 0.255 e. The van der Waals surface area contributed by atoms with Gasteiger partial charge in [0.15, 0.2) is 5.15 Å². The van der Waals surface area contributed by atoms with Crippen LogP contribution in [0.2, 0.25) is 5.15 Å². The van der Waals surface area contributed by atoms with Crippen LogP contribution in [0.1, 0.15) is 10.4 Å². The third-order valence-corrected chi connectivity index (χ3v) is 2.42. The molecule has 0 radical (unpaired) electrons. The minimum atomic E-state index is -0.657. The van der Waals surface area contributed by atoms with Crippen LogP contribution in [-0.2, 0) is 0 Å². The number of nitrogens with zero attached hydrogens (tertiary/aromatic N) is 3. The summed E-state index contributed by atoms with van der Waals surface area (Å²) < 4.78 is 0. The van der Waals surface area contributed by atoms with Gasteiger partial charge in [-0.3, -0.25) is 9.78 Å². The Kier molecular flexibility index (Phi) is 3.12. The molecule has 0 amide bonds. The smallest absolute Gasteiger partial charge is 0.255 e. The predicted molar refractivity (Wildman–Crippen MR) is 60.5 cm³/mol. The molecule has 2 aromatic heterocycles. The van der Waals surface area contributed by atoms with Crippen molar-refractivity contribution in [2.75, 3.05) is 0 Å². The molecule has 0 aliphatic carbocycles. The SMILES string of the molecule is O=C(Cl)c1cc(-c2ccncc2)nnc1Cl. The lowest BCUT2D eigenvalue weighted by Gasteiger charge is -2.01. The summed E-state index contributed by atoms with van der Waals surface area (Å²) in [6, 6.07) is 5.00. The van der Waals surface area contributed by atoms with Crippen molar-refractivity contribution in [3.05, 3.63) is 41.3 Å². The first-order chi connectivity index (χ1) is 7.68. The zero-order chi connectivity index (χ0) is 11.5. The normalized spacial score (nSPS) is 10.1. The highest BCUT2D eigenvalue weighted by molar-refractivity contribution is 6.68. The highest BCUT2D eigenvalue weighted by Crippen LogP contribution is 2.21. The van der Waals surface area contributed by atoms with E-state index in [1.807, 2.05) is 0 Å². The molecule has 80 valence electrons. The molecule has 0 atom stereocenters. The number of halogens is 2. The molecule has 2 rings (SSSR count). The minimum absolute atomic E-state index is 0.00203. The van der Waals surface area contributed by atoms with Gasteiger partial charge in [0.05, 0.1) is 11.3 Å². The summed E-state index contributed by atoms with van der Waals surface area (Å²) in [5.74, 6) is 0. The van der Waals surface area contributed by atoms with Crippen molar-refractivity contribution < 1.29 is 4.79 Å². The second kappa shape index (κ2) is 4.55. The van der Waals surface area contributed by atoms with Crippen LogP contribution in [-0.4, -0.2) is 20.4 Å². The molecule has 0 unspecified atom stereocenters. The molecule has 0 aliphatic rings. The van der Waals surface area contributed by atoms with Crippen molar-refractivity contribution in [3.63, 3.8) is 0 Å². The van der Waals surface area contributed by atoms with E-state index in [2.05, 4.69) is 15.2 Å². The van der Waals surface area contributed by atoms with Crippen molar-refractivity contribution >= 4 is 28.4 Å². The zero-order valence-electron chi connectivity index (χ0n) is 7.89. The summed E-state index contributed by atoms with van der Waals surface area (Å²) in [5, 5.41) is 6.88. The second-order valence-corrected chi connectivity index (χ2v) is 3.64. The summed E-state index contributed by atoms with van der Waals surface area (Å²) in [6.45, 7) is 0. The Balaban J connectivity index is 2.52. The lowest BCUT2D eigenvalue weighted by molar-refractivity contribution is 0.108. The van der Waals surface area contributed by atoms with Crippen LogP contribution in [0.5, 0.6) is 0 Å². The molecule has 2 heterocycles. The van der Waals surface area contributed by atoms with Crippen LogP contribution >= 0.6 is 23.2 Å². The predicted octanol–water partition coefficient (Wildman–Crippen LogP) is 2.57. The molecule has 16 heavy (non-hydrogen) atoms. The van der Waals surface area contributed by atoms with Crippen LogP contribution in [0.4, 0.5) is 0 Å². The van der Waals surface area contributed by atoms with Gasteiger partial charge in [-0.25, -0.2) is 0 Å². The van der Waals surface area contributed by atoms with Gasteiger partial charge in [-0.2, -0.15) is 0 Å². The average Bonchev–Trinajstić information content (AvgIpc) is 2.30. The number of rotatable bonds is 2. The number of hydrogen-bond acceptors (Lipinski definition) is 4. The number of carbonyl (C=O) groups excluding carboxylic acids is 1. The molecule has 0 saturated heterocycles. The largest absolute Gasteiger partial charge is 0.275 e. The third kappa shape index (κ3) is 2.18. The summed E-state index contributed by atoms with van der Waals surface area (Å²) in [4.78, 5) is 14.9. The van der Waals surface area contributed by atoms with Gasteiger partial charge >= 0.3 is 0 Å². The van der Waals surface area contributed by atoms with Crippen LogP contribution < -0.4 is 0 Å². The number of hydrogen-bond donors (Lipinski definition) is 0. The van der Waals surface area contributed by atoms with E-state index in [0.29, 0.717) is 5.69 Å². The molecule has 0 spiro atoms. The van der Waals surface area contributed by atoms with E-state index in [1.54, 1.807) is 24.5 Å². The average molecular weight is 254 g/mol. The van der Waals surface area contributed by atoms with E-state index in [1.165, 1.54) is 6.07 Å². The first-order valence-corrected chi connectivity index (χ1v) is 5.07. The molecule has 0 bridgehead atoms. The van der Waals surface area contributed by atoms with Gasteiger partial charge in [0, 0.05) is 18.0 Å². The van der Waals surface area contributed by atoms with Crippen molar-refractivity contribution in [1.29, 1.82) is 0 Å². The Morgan fingerprint density at radius 1 is 1.19 bits per heavy atom. The molecule has 0 fully saturated rings. The third-order valence-electron chi connectivity index (χ3n) is 1.94. The summed E-state index contributed by atoms with van der Waals surface area (Å²) in [6.07, 6.45) is 3.24. The van der Waals surface area contributed by atoms with E-state index in [0.717, 1.165) is 5.56 Å². The second-order valence-electron chi connectivity index (χ2n) is 2.94. The fraction of sp³-hybridized carbons (Fsp3) is 0. The van der Waals surface area contributed by atoms with E-state index in [-0.39, 0.29) is 10.7 Å². The molecule has 0 saturated carbocycles. The summed E-state index contributed by atoms with van der Waals surface area (Å²) >= 11 is 11.1. The Morgan fingerprint density at radius 3 is 2.50 bits per heavy atom. The fourth-order valence-electron chi connectivity index (χ4n) is 1.18. The number of aromatic nitrogens is 3. The van der Waals surface area contributed by atoms with Gasteiger partial charge in [0.25, 0.3) is 5.24 Å². The molecule has 4 nitrogen and oxygen atoms in total. The first kappa shape index (κ1) is 11.0. The summed E-state index contributed by atoms with van der Waals surface area (Å²) in [5.41, 5.74) is 1.46. The van der Waals surface area contributed by atoms with E-state index in [9.17, 15) is 4.79 Å². The Bertz CT molecular complexity index is 531. The first-order valence-electron chi connectivity index (χ1n) is 4.32. The van der Waals surface area contributed by atoms with Gasteiger partial charge in [0.1, 0.15) is 0 Å². The molecule has 0 aromatic carbocycles. The van der Waals surface area contributed by atoms with Crippen LogP contribution in [0.15, 0.2) is 30.6 Å². The minimum Gasteiger partial charge on any atom is -0.275 e. The van der Waals surface area contributed by atoms with Gasteiger partial charge in [0.2, 0.25) is 0 Å². The molecule has 0 N–H and O–H groups in total. The lowest BCUT2D eigenvalue weighted by Crippen LogP contribution is -1.97. The Morgan fingerprint density at radius 2 is 1.88 bits per heavy atom. The Hall–Kier alpha value is -1.52. The molecular formula is C10H5Cl2N3O. The van der Waals surface area contributed by atoms with Gasteiger partial charge < -0.3 is 0 Å². The lowest BCUT2D eigenvalue weighted by atomic mass is 10.1. The fourth-order valence-corrected chi connectivity index (χ4v) is 1.55.